The van der Waals surface area contributed by atoms with Crippen molar-refractivity contribution in [3.8, 4) is 5.75 Å². The first kappa shape index (κ1) is 15.9. The van der Waals surface area contributed by atoms with Crippen molar-refractivity contribution in [2.75, 3.05) is 6.61 Å². The number of pyridine rings is 1. The molecule has 0 unspecified atom stereocenters. The van der Waals surface area contributed by atoms with Crippen LogP contribution in [0.15, 0.2) is 52.3 Å². The van der Waals surface area contributed by atoms with Crippen LogP contribution in [0.2, 0.25) is 5.02 Å². The number of benzene rings is 1. The van der Waals surface area contributed by atoms with Crippen molar-refractivity contribution >= 4 is 31.3 Å². The zero-order valence-electron chi connectivity index (χ0n) is 10.7. The Bertz CT molecular complexity index is 802. The highest BCUT2D eigenvalue weighted by atomic mass is 35.7. The molecule has 0 aliphatic rings. The van der Waals surface area contributed by atoms with Crippen LogP contribution in [-0.4, -0.2) is 19.6 Å². The number of hydrogen-bond donors (Lipinski definition) is 0. The second-order valence-corrected chi connectivity index (χ2v) is 7.08. The van der Waals surface area contributed by atoms with Gasteiger partial charge >= 0.3 is 0 Å². The Hall–Kier alpha value is -1.50. The van der Waals surface area contributed by atoms with E-state index in [2.05, 4.69) is 0 Å². The first-order valence-corrected chi connectivity index (χ1v) is 8.59. The topological polar surface area (TPSA) is 65.4 Å². The SMILES string of the molecule is O=c1ccccn1CCOc1ccc(Cl)cc1S(=O)(=O)Cl. The molecule has 0 amide bonds. The van der Waals surface area contributed by atoms with Crippen LogP contribution in [-0.2, 0) is 15.6 Å². The quantitative estimate of drug-likeness (QED) is 0.779. The first-order valence-electron chi connectivity index (χ1n) is 5.90. The Morgan fingerprint density at radius 3 is 2.62 bits per heavy atom. The predicted molar refractivity (Wildman–Crippen MR) is 80.7 cm³/mol. The minimum absolute atomic E-state index is 0.0957. The zero-order valence-corrected chi connectivity index (χ0v) is 13.0. The van der Waals surface area contributed by atoms with Crippen molar-refractivity contribution in [1.29, 1.82) is 0 Å². The highest BCUT2D eigenvalue weighted by Gasteiger charge is 2.17. The number of rotatable bonds is 5. The van der Waals surface area contributed by atoms with Gasteiger partial charge in [-0.1, -0.05) is 17.7 Å². The fraction of sp³-hybridized carbons (Fsp3) is 0.154. The molecule has 0 saturated carbocycles. The lowest BCUT2D eigenvalue weighted by Gasteiger charge is -2.11. The van der Waals surface area contributed by atoms with Gasteiger partial charge in [0, 0.05) is 28.0 Å². The van der Waals surface area contributed by atoms with E-state index in [1.165, 1.54) is 28.8 Å². The molecule has 0 bridgehead atoms. The zero-order chi connectivity index (χ0) is 15.5. The third kappa shape index (κ3) is 4.23. The van der Waals surface area contributed by atoms with E-state index >= 15 is 0 Å². The number of ether oxygens (including phenoxy) is 1. The van der Waals surface area contributed by atoms with Crippen LogP contribution in [0, 0.1) is 0 Å². The standard InChI is InChI=1S/C13H11Cl2NO4S/c14-10-4-5-11(12(9-10)21(15,18)19)20-8-7-16-6-2-1-3-13(16)17/h1-6,9H,7-8H2. The molecule has 8 heteroatoms. The Morgan fingerprint density at radius 1 is 1.19 bits per heavy atom. The number of nitrogens with zero attached hydrogens (tertiary/aromatic N) is 1. The molecule has 21 heavy (non-hydrogen) atoms. The summed E-state index contributed by atoms with van der Waals surface area (Å²) in [6.45, 7) is 0.398. The maximum atomic E-state index is 11.5. The molecule has 5 nitrogen and oxygen atoms in total. The van der Waals surface area contributed by atoms with Gasteiger partial charge in [0.15, 0.2) is 0 Å². The summed E-state index contributed by atoms with van der Waals surface area (Å²) >= 11 is 5.75. The summed E-state index contributed by atoms with van der Waals surface area (Å²) in [7, 11) is 1.37. The van der Waals surface area contributed by atoms with Crippen molar-refractivity contribution in [3.63, 3.8) is 0 Å². The molecular weight excluding hydrogens is 337 g/mol. The highest BCUT2D eigenvalue weighted by Crippen LogP contribution is 2.29. The van der Waals surface area contributed by atoms with Crippen LogP contribution < -0.4 is 10.3 Å². The largest absolute Gasteiger partial charge is 0.490 e. The molecule has 0 aliphatic carbocycles. The molecule has 0 aliphatic heterocycles. The van der Waals surface area contributed by atoms with Gasteiger partial charge in [0.2, 0.25) is 0 Å². The molecule has 112 valence electrons. The van der Waals surface area contributed by atoms with E-state index in [1.54, 1.807) is 18.3 Å². The van der Waals surface area contributed by atoms with Gasteiger partial charge in [0.05, 0.1) is 6.54 Å². The van der Waals surface area contributed by atoms with E-state index in [4.69, 9.17) is 27.0 Å². The van der Waals surface area contributed by atoms with Crippen LogP contribution in [0.4, 0.5) is 0 Å². The van der Waals surface area contributed by atoms with E-state index in [0.717, 1.165) is 0 Å². The molecule has 0 spiro atoms. The molecule has 0 saturated heterocycles. The summed E-state index contributed by atoms with van der Waals surface area (Å²) in [6, 6.07) is 8.92. The monoisotopic (exact) mass is 347 g/mol. The Balaban J connectivity index is 2.14. The average molecular weight is 348 g/mol. The molecule has 0 N–H and O–H groups in total. The molecule has 0 atom stereocenters. The van der Waals surface area contributed by atoms with Crippen molar-refractivity contribution in [2.45, 2.75) is 11.4 Å². The van der Waals surface area contributed by atoms with Gasteiger partial charge in [-0.05, 0) is 24.3 Å². The second kappa shape index (κ2) is 6.51. The summed E-state index contributed by atoms with van der Waals surface area (Å²) in [6.07, 6.45) is 1.62. The van der Waals surface area contributed by atoms with Gasteiger partial charge in [0.1, 0.15) is 17.3 Å². The van der Waals surface area contributed by atoms with Crippen LogP contribution in [0.5, 0.6) is 5.75 Å². The van der Waals surface area contributed by atoms with Gasteiger partial charge in [-0.2, -0.15) is 0 Å². The first-order chi connectivity index (χ1) is 9.88. The van der Waals surface area contributed by atoms with E-state index in [1.807, 2.05) is 0 Å². The van der Waals surface area contributed by atoms with Crippen LogP contribution >= 0.6 is 22.3 Å². The predicted octanol–water partition coefficient (Wildman–Crippen LogP) is 2.51. The number of aromatic nitrogens is 1. The van der Waals surface area contributed by atoms with Crippen molar-refractivity contribution < 1.29 is 13.2 Å². The van der Waals surface area contributed by atoms with Crippen molar-refractivity contribution in [3.05, 3.63) is 58.0 Å². The lowest BCUT2D eigenvalue weighted by Crippen LogP contribution is -2.21. The molecular formula is C13H11Cl2NO4S. The van der Waals surface area contributed by atoms with Crippen molar-refractivity contribution in [2.24, 2.45) is 0 Å². The van der Waals surface area contributed by atoms with Crippen LogP contribution in [0.3, 0.4) is 0 Å². The Morgan fingerprint density at radius 2 is 1.95 bits per heavy atom. The minimum Gasteiger partial charge on any atom is -0.490 e. The van der Waals surface area contributed by atoms with E-state index < -0.39 is 9.05 Å². The van der Waals surface area contributed by atoms with Gasteiger partial charge in [-0.15, -0.1) is 0 Å². The fourth-order valence-corrected chi connectivity index (χ4v) is 2.92. The fourth-order valence-electron chi connectivity index (χ4n) is 1.69. The third-order valence-corrected chi connectivity index (χ3v) is 4.24. The summed E-state index contributed by atoms with van der Waals surface area (Å²) < 4.78 is 29.8. The third-order valence-electron chi connectivity index (χ3n) is 2.66. The molecule has 1 aromatic carbocycles. The number of hydrogen-bond acceptors (Lipinski definition) is 4. The maximum Gasteiger partial charge on any atom is 0.265 e. The lowest BCUT2D eigenvalue weighted by molar-refractivity contribution is 0.289. The smallest absolute Gasteiger partial charge is 0.265 e. The molecule has 2 rings (SSSR count). The summed E-state index contributed by atoms with van der Waals surface area (Å²) in [5.41, 5.74) is -0.164. The van der Waals surface area contributed by atoms with Gasteiger partial charge in [0.25, 0.3) is 14.6 Å². The summed E-state index contributed by atoms with van der Waals surface area (Å²) in [5.74, 6) is 0.0957. The summed E-state index contributed by atoms with van der Waals surface area (Å²) in [4.78, 5) is 11.3. The van der Waals surface area contributed by atoms with Crippen molar-refractivity contribution in [1.82, 2.24) is 4.57 Å². The minimum atomic E-state index is -3.96. The summed E-state index contributed by atoms with van der Waals surface area (Å²) in [5, 5.41) is 0.237. The van der Waals surface area contributed by atoms with Crippen LogP contribution in [0.1, 0.15) is 0 Å². The Labute approximate surface area is 131 Å². The maximum absolute atomic E-state index is 11.5. The van der Waals surface area contributed by atoms with Gasteiger partial charge < -0.3 is 9.30 Å². The van der Waals surface area contributed by atoms with Gasteiger partial charge in [-0.3, -0.25) is 4.79 Å². The normalized spacial score (nSPS) is 11.3. The van der Waals surface area contributed by atoms with E-state index in [0.29, 0.717) is 0 Å². The molecule has 1 aromatic heterocycles. The molecule has 2 aromatic rings. The van der Waals surface area contributed by atoms with E-state index in [9.17, 15) is 13.2 Å². The molecule has 1 heterocycles. The van der Waals surface area contributed by atoms with Gasteiger partial charge in [-0.25, -0.2) is 8.42 Å². The highest BCUT2D eigenvalue weighted by molar-refractivity contribution is 8.13. The second-order valence-electron chi connectivity index (χ2n) is 4.11. The molecule has 0 fully saturated rings. The Kier molecular flexibility index (Phi) is 4.92. The lowest BCUT2D eigenvalue weighted by atomic mass is 10.3. The molecule has 0 radical (unpaired) electrons. The average Bonchev–Trinajstić information content (AvgIpc) is 2.41. The van der Waals surface area contributed by atoms with E-state index in [-0.39, 0.29) is 34.4 Å². The van der Waals surface area contributed by atoms with Crippen LogP contribution in [0.25, 0.3) is 0 Å². The number of halogens is 2.